The minimum atomic E-state index is -4.48. The number of benzene rings is 2. The maximum Gasteiger partial charge on any atom is 0.416 e. The number of hydrogen-bond acceptors (Lipinski definition) is 4. The zero-order chi connectivity index (χ0) is 22.1. The van der Waals surface area contributed by atoms with Crippen molar-refractivity contribution >= 4 is 23.6 Å². The maximum absolute atomic E-state index is 12.5. The van der Waals surface area contributed by atoms with Gasteiger partial charge >= 0.3 is 18.2 Å². The van der Waals surface area contributed by atoms with Gasteiger partial charge < -0.3 is 20.7 Å². The van der Waals surface area contributed by atoms with Gasteiger partial charge in [-0.1, -0.05) is 30.3 Å². The van der Waals surface area contributed by atoms with Gasteiger partial charge in [0.2, 0.25) is 0 Å². The number of ether oxygens (including phenoxy) is 1. The molecule has 0 spiro atoms. The second kappa shape index (κ2) is 10.3. The minimum Gasteiger partial charge on any atom is -0.451 e. The molecule has 0 saturated heterocycles. The number of rotatable bonds is 7. The molecule has 0 aliphatic rings. The van der Waals surface area contributed by atoms with Crippen LogP contribution in [-0.2, 0) is 27.0 Å². The molecule has 30 heavy (non-hydrogen) atoms. The van der Waals surface area contributed by atoms with Gasteiger partial charge in [0, 0.05) is 12.2 Å². The van der Waals surface area contributed by atoms with E-state index in [4.69, 9.17) is 4.74 Å². The van der Waals surface area contributed by atoms with E-state index in [1.165, 1.54) is 6.92 Å². The average molecular weight is 423 g/mol. The van der Waals surface area contributed by atoms with Crippen LogP contribution in [0.1, 0.15) is 18.1 Å². The topological polar surface area (TPSA) is 96.5 Å². The molecule has 3 amide bonds. The van der Waals surface area contributed by atoms with Crippen molar-refractivity contribution < 1.29 is 32.3 Å². The number of hydrogen-bond donors (Lipinski definition) is 3. The van der Waals surface area contributed by atoms with Crippen molar-refractivity contribution in [1.82, 2.24) is 10.6 Å². The summed E-state index contributed by atoms with van der Waals surface area (Å²) in [6, 6.07) is 12.4. The number of halogens is 3. The summed E-state index contributed by atoms with van der Waals surface area (Å²) in [7, 11) is 0. The number of urea groups is 1. The summed E-state index contributed by atoms with van der Waals surface area (Å²) in [4.78, 5) is 35.5. The predicted octanol–water partition coefficient (Wildman–Crippen LogP) is 3.08. The summed E-state index contributed by atoms with van der Waals surface area (Å²) in [5.74, 6) is -1.57. The molecular weight excluding hydrogens is 403 g/mol. The normalized spacial score (nSPS) is 11.9. The number of anilines is 1. The molecule has 0 heterocycles. The Labute approximate surface area is 170 Å². The molecule has 0 aliphatic heterocycles. The second-order valence-corrected chi connectivity index (χ2v) is 6.22. The Morgan fingerprint density at radius 1 is 0.967 bits per heavy atom. The lowest BCUT2D eigenvalue weighted by molar-refractivity contribution is -0.152. The largest absolute Gasteiger partial charge is 0.451 e. The van der Waals surface area contributed by atoms with Crippen LogP contribution in [0.4, 0.5) is 23.7 Å². The van der Waals surface area contributed by atoms with Crippen molar-refractivity contribution in [3.05, 3.63) is 65.7 Å². The molecular formula is C20H20F3N3O4. The summed E-state index contributed by atoms with van der Waals surface area (Å²) in [5.41, 5.74) is 0.148. The third-order valence-corrected chi connectivity index (χ3v) is 3.85. The number of nitrogens with one attached hydrogen (secondary N) is 3. The smallest absolute Gasteiger partial charge is 0.416 e. The summed E-state index contributed by atoms with van der Waals surface area (Å²) < 4.78 is 42.5. The lowest BCUT2D eigenvalue weighted by atomic mass is 10.2. The SMILES string of the molecule is CC(OC(=O)CNC(=O)NCc1ccccc1)C(=O)Nc1ccc(C(F)(F)F)cc1. The summed E-state index contributed by atoms with van der Waals surface area (Å²) in [6.45, 7) is 1.11. The van der Waals surface area contributed by atoms with E-state index in [9.17, 15) is 27.6 Å². The third kappa shape index (κ3) is 7.46. The van der Waals surface area contributed by atoms with Gasteiger partial charge in [-0.15, -0.1) is 0 Å². The lowest BCUT2D eigenvalue weighted by Crippen LogP contribution is -2.40. The number of amides is 3. The number of carbonyl (C=O) groups is 3. The minimum absolute atomic E-state index is 0.120. The van der Waals surface area contributed by atoms with Gasteiger partial charge in [0.15, 0.2) is 6.10 Å². The van der Waals surface area contributed by atoms with Crippen LogP contribution in [0.25, 0.3) is 0 Å². The van der Waals surface area contributed by atoms with Crippen LogP contribution >= 0.6 is 0 Å². The zero-order valence-electron chi connectivity index (χ0n) is 16.0. The van der Waals surface area contributed by atoms with Crippen LogP contribution in [0.5, 0.6) is 0 Å². The number of esters is 1. The van der Waals surface area contributed by atoms with Gasteiger partial charge in [0.25, 0.3) is 5.91 Å². The second-order valence-electron chi connectivity index (χ2n) is 6.22. The summed E-state index contributed by atoms with van der Waals surface area (Å²) >= 11 is 0. The summed E-state index contributed by atoms with van der Waals surface area (Å²) in [5, 5.41) is 7.21. The van der Waals surface area contributed by atoms with E-state index in [1.54, 1.807) is 0 Å². The summed E-state index contributed by atoms with van der Waals surface area (Å²) in [6.07, 6.45) is -5.69. The van der Waals surface area contributed by atoms with Crippen LogP contribution in [0.3, 0.4) is 0 Å². The Morgan fingerprint density at radius 2 is 1.60 bits per heavy atom. The Hall–Kier alpha value is -3.56. The molecule has 0 aliphatic carbocycles. The fourth-order valence-corrected chi connectivity index (χ4v) is 2.27. The van der Waals surface area contributed by atoms with Gasteiger partial charge in [-0.05, 0) is 36.8 Å². The Kier molecular flexibility index (Phi) is 7.79. The Morgan fingerprint density at radius 3 is 2.20 bits per heavy atom. The average Bonchev–Trinajstić information content (AvgIpc) is 2.71. The fourth-order valence-electron chi connectivity index (χ4n) is 2.27. The van der Waals surface area contributed by atoms with Crippen molar-refractivity contribution in [2.45, 2.75) is 25.7 Å². The Bertz CT molecular complexity index is 871. The molecule has 0 bridgehead atoms. The molecule has 3 N–H and O–H groups in total. The molecule has 7 nitrogen and oxygen atoms in total. The van der Waals surface area contributed by atoms with Crippen LogP contribution in [0.2, 0.25) is 0 Å². The van der Waals surface area contributed by atoms with E-state index in [0.717, 1.165) is 29.8 Å². The van der Waals surface area contributed by atoms with Gasteiger partial charge in [-0.25, -0.2) is 4.79 Å². The molecule has 0 radical (unpaired) electrons. The lowest BCUT2D eigenvalue weighted by Gasteiger charge is -2.14. The molecule has 0 fully saturated rings. The first-order chi connectivity index (χ1) is 14.1. The quantitative estimate of drug-likeness (QED) is 0.597. The highest BCUT2D eigenvalue weighted by molar-refractivity contribution is 5.95. The first-order valence-corrected chi connectivity index (χ1v) is 8.88. The Balaban J connectivity index is 1.72. The van der Waals surface area contributed by atoms with E-state index >= 15 is 0 Å². The molecule has 0 aromatic heterocycles. The van der Waals surface area contributed by atoms with Crippen LogP contribution < -0.4 is 16.0 Å². The van der Waals surface area contributed by atoms with Crippen LogP contribution in [-0.4, -0.2) is 30.6 Å². The van der Waals surface area contributed by atoms with E-state index in [1.807, 2.05) is 30.3 Å². The highest BCUT2D eigenvalue weighted by atomic mass is 19.4. The molecule has 10 heteroatoms. The van der Waals surface area contributed by atoms with E-state index in [-0.39, 0.29) is 12.2 Å². The first kappa shape index (κ1) is 22.7. The van der Waals surface area contributed by atoms with Crippen LogP contribution in [0, 0.1) is 0 Å². The van der Waals surface area contributed by atoms with E-state index in [2.05, 4.69) is 16.0 Å². The molecule has 1 unspecified atom stereocenters. The number of carbonyl (C=O) groups excluding carboxylic acids is 3. The maximum atomic E-state index is 12.5. The molecule has 0 saturated carbocycles. The van der Waals surface area contributed by atoms with Crippen molar-refractivity contribution in [1.29, 1.82) is 0 Å². The molecule has 2 aromatic rings. The van der Waals surface area contributed by atoms with Gasteiger partial charge in [0.05, 0.1) is 5.56 Å². The fraction of sp³-hybridized carbons (Fsp3) is 0.250. The van der Waals surface area contributed by atoms with Crippen molar-refractivity contribution in [2.24, 2.45) is 0 Å². The predicted molar refractivity (Wildman–Crippen MR) is 102 cm³/mol. The van der Waals surface area contributed by atoms with Gasteiger partial charge in [-0.3, -0.25) is 9.59 Å². The van der Waals surface area contributed by atoms with Gasteiger partial charge in [0.1, 0.15) is 6.54 Å². The van der Waals surface area contributed by atoms with E-state index < -0.39 is 42.3 Å². The standard InChI is InChI=1S/C20H20F3N3O4/c1-13(18(28)26-16-9-7-15(8-10-16)20(21,22)23)30-17(27)12-25-19(29)24-11-14-5-3-2-4-6-14/h2-10,13H,11-12H2,1H3,(H,26,28)(H2,24,25,29). The zero-order valence-corrected chi connectivity index (χ0v) is 16.0. The molecule has 160 valence electrons. The molecule has 2 aromatic carbocycles. The number of alkyl halides is 3. The van der Waals surface area contributed by atoms with Crippen LogP contribution in [0.15, 0.2) is 54.6 Å². The highest BCUT2D eigenvalue weighted by Crippen LogP contribution is 2.29. The monoisotopic (exact) mass is 423 g/mol. The first-order valence-electron chi connectivity index (χ1n) is 8.88. The highest BCUT2D eigenvalue weighted by Gasteiger charge is 2.30. The van der Waals surface area contributed by atoms with Crippen molar-refractivity contribution in [3.63, 3.8) is 0 Å². The third-order valence-electron chi connectivity index (χ3n) is 3.85. The van der Waals surface area contributed by atoms with Crippen molar-refractivity contribution in [3.8, 4) is 0 Å². The molecule has 2 rings (SSSR count). The van der Waals surface area contributed by atoms with E-state index in [0.29, 0.717) is 0 Å². The van der Waals surface area contributed by atoms with Gasteiger partial charge in [-0.2, -0.15) is 13.2 Å². The van der Waals surface area contributed by atoms with Crippen molar-refractivity contribution in [2.75, 3.05) is 11.9 Å². The molecule has 1 atom stereocenters.